The van der Waals surface area contributed by atoms with Crippen molar-refractivity contribution in [1.82, 2.24) is 15.1 Å². The van der Waals surface area contributed by atoms with Gasteiger partial charge in [-0.3, -0.25) is 4.90 Å². The summed E-state index contributed by atoms with van der Waals surface area (Å²) in [5.41, 5.74) is 1.40. The fraction of sp³-hybridized carbons (Fsp3) is 0.565. The number of alkyl halides is 3. The van der Waals surface area contributed by atoms with Gasteiger partial charge in [-0.1, -0.05) is 19.8 Å². The molecule has 0 radical (unpaired) electrons. The molecule has 9 heteroatoms. The first-order valence-electron chi connectivity index (χ1n) is 11.1. The van der Waals surface area contributed by atoms with Crippen molar-refractivity contribution in [3.63, 3.8) is 0 Å². The van der Waals surface area contributed by atoms with Gasteiger partial charge in [-0.25, -0.2) is 0 Å². The largest absolute Gasteiger partial charge is 0.507 e. The van der Waals surface area contributed by atoms with Crippen molar-refractivity contribution < 1.29 is 23.4 Å². The van der Waals surface area contributed by atoms with Crippen molar-refractivity contribution in [2.75, 3.05) is 24.5 Å². The molecule has 1 aromatic heterocycles. The van der Waals surface area contributed by atoms with Gasteiger partial charge in [0.25, 0.3) is 0 Å². The maximum atomic E-state index is 13.0. The van der Waals surface area contributed by atoms with E-state index in [0.29, 0.717) is 12.2 Å². The average Bonchev–Trinajstić information content (AvgIpc) is 2.94. The summed E-state index contributed by atoms with van der Waals surface area (Å²) in [5.74, 6) is 0.247. The van der Waals surface area contributed by atoms with Crippen molar-refractivity contribution in [2.24, 2.45) is 0 Å². The summed E-state index contributed by atoms with van der Waals surface area (Å²) < 4.78 is 39.0. The van der Waals surface area contributed by atoms with Gasteiger partial charge < -0.3 is 15.1 Å². The van der Waals surface area contributed by atoms with Crippen LogP contribution in [0.5, 0.6) is 5.75 Å². The predicted octanol–water partition coefficient (Wildman–Crippen LogP) is 4.12. The van der Waals surface area contributed by atoms with Crippen molar-refractivity contribution >= 4 is 5.82 Å². The number of phenolic OH excluding ortho intramolecular Hbond substituents is 1. The van der Waals surface area contributed by atoms with Gasteiger partial charge >= 0.3 is 6.18 Å². The van der Waals surface area contributed by atoms with Crippen LogP contribution < -0.4 is 4.90 Å². The lowest BCUT2D eigenvalue weighted by molar-refractivity contribution is -0.137. The van der Waals surface area contributed by atoms with Crippen LogP contribution in [-0.4, -0.2) is 57.1 Å². The quantitative estimate of drug-likeness (QED) is 0.733. The molecule has 174 valence electrons. The molecule has 1 aliphatic carbocycles. The van der Waals surface area contributed by atoms with Gasteiger partial charge in [0.15, 0.2) is 5.82 Å². The monoisotopic (exact) mass is 450 g/mol. The molecule has 0 saturated heterocycles. The Morgan fingerprint density at radius 3 is 2.53 bits per heavy atom. The molecule has 6 nitrogen and oxygen atoms in total. The Bertz CT molecular complexity index is 982. The van der Waals surface area contributed by atoms with E-state index >= 15 is 0 Å². The first kappa shape index (κ1) is 22.8. The lowest BCUT2D eigenvalue weighted by Gasteiger charge is -2.38. The third kappa shape index (κ3) is 4.28. The van der Waals surface area contributed by atoms with Crippen molar-refractivity contribution in [3.05, 3.63) is 34.9 Å². The van der Waals surface area contributed by atoms with Gasteiger partial charge in [0.1, 0.15) is 11.4 Å². The topological polar surface area (TPSA) is 72.7 Å². The number of benzene rings is 1. The van der Waals surface area contributed by atoms with E-state index < -0.39 is 23.6 Å². The number of fused-ring (bicyclic) bond motifs is 1. The molecule has 1 saturated carbocycles. The Kier molecular flexibility index (Phi) is 6.31. The minimum atomic E-state index is -4.53. The Morgan fingerprint density at radius 1 is 1.12 bits per heavy atom. The summed E-state index contributed by atoms with van der Waals surface area (Å²) in [6.07, 6.45) is -1.25. The third-order valence-electron chi connectivity index (χ3n) is 6.76. The minimum absolute atomic E-state index is 0.0293. The Labute approximate surface area is 185 Å². The highest BCUT2D eigenvalue weighted by Gasteiger charge is 2.35. The van der Waals surface area contributed by atoms with Crippen LogP contribution in [0.1, 0.15) is 49.3 Å². The van der Waals surface area contributed by atoms with Gasteiger partial charge in [0, 0.05) is 30.8 Å². The Hall–Kier alpha value is -2.39. The average molecular weight is 451 g/mol. The highest BCUT2D eigenvalue weighted by Crippen LogP contribution is 2.39. The van der Waals surface area contributed by atoms with Crippen molar-refractivity contribution in [3.8, 4) is 17.0 Å². The van der Waals surface area contributed by atoms with Crippen LogP contribution in [0.15, 0.2) is 18.2 Å². The van der Waals surface area contributed by atoms with E-state index in [4.69, 9.17) is 0 Å². The molecule has 2 aliphatic rings. The molecule has 2 aromatic rings. The van der Waals surface area contributed by atoms with E-state index in [1.54, 1.807) is 0 Å². The predicted molar refractivity (Wildman–Crippen MR) is 115 cm³/mol. The number of phenols is 1. The third-order valence-corrected chi connectivity index (χ3v) is 6.76. The van der Waals surface area contributed by atoms with Crippen LogP contribution in [0.4, 0.5) is 19.0 Å². The molecule has 1 aromatic carbocycles. The molecule has 0 spiro atoms. The van der Waals surface area contributed by atoms with Crippen molar-refractivity contribution in [2.45, 2.75) is 64.4 Å². The summed E-state index contributed by atoms with van der Waals surface area (Å²) in [7, 11) is 0. The summed E-state index contributed by atoms with van der Waals surface area (Å²) in [6, 6.07) is 2.90. The van der Waals surface area contributed by atoms with Crippen LogP contribution in [0.3, 0.4) is 0 Å². The molecule has 2 N–H and O–H groups in total. The maximum absolute atomic E-state index is 13.0. The summed E-state index contributed by atoms with van der Waals surface area (Å²) in [5, 5.41) is 29.9. The number of aliphatic hydroxyl groups is 1. The van der Waals surface area contributed by atoms with Gasteiger partial charge in [-0.2, -0.15) is 13.2 Å². The van der Waals surface area contributed by atoms with Gasteiger partial charge in [-0.15, -0.1) is 10.2 Å². The van der Waals surface area contributed by atoms with E-state index in [-0.39, 0.29) is 11.6 Å². The van der Waals surface area contributed by atoms with Gasteiger partial charge in [0.05, 0.1) is 17.7 Å². The highest BCUT2D eigenvalue weighted by atomic mass is 19.4. The molecule has 0 bridgehead atoms. The summed E-state index contributed by atoms with van der Waals surface area (Å²) >= 11 is 0. The maximum Gasteiger partial charge on any atom is 0.416 e. The zero-order valence-electron chi connectivity index (χ0n) is 18.4. The summed E-state index contributed by atoms with van der Waals surface area (Å²) in [6.45, 7) is 6.95. The normalized spacial score (nSPS) is 22.5. The molecular formula is C23H29F3N4O2. The molecule has 4 rings (SSSR count). The van der Waals surface area contributed by atoms with E-state index in [2.05, 4.69) is 26.9 Å². The zero-order chi connectivity index (χ0) is 23.0. The fourth-order valence-electron chi connectivity index (χ4n) is 4.83. The van der Waals surface area contributed by atoms with Crippen LogP contribution >= 0.6 is 0 Å². The van der Waals surface area contributed by atoms with Gasteiger partial charge in [0.2, 0.25) is 0 Å². The van der Waals surface area contributed by atoms with Gasteiger partial charge in [-0.05, 0) is 50.1 Å². The smallest absolute Gasteiger partial charge is 0.416 e. The van der Waals surface area contributed by atoms with Crippen molar-refractivity contribution in [1.29, 1.82) is 0 Å². The molecule has 2 heterocycles. The molecule has 1 aliphatic heterocycles. The molecule has 0 amide bonds. The summed E-state index contributed by atoms with van der Waals surface area (Å²) in [4.78, 5) is 4.43. The SMILES string of the molecule is CCN1CCN([C@@H]2CCCC[C@H]2O)c2nnc(-c3ccc(C(F)(F)F)cc3O)c(C)c2C1. The second-order valence-corrected chi connectivity index (χ2v) is 8.69. The number of halogens is 3. The number of aromatic nitrogens is 2. The lowest BCUT2D eigenvalue weighted by Crippen LogP contribution is -2.48. The highest BCUT2D eigenvalue weighted by molar-refractivity contribution is 5.72. The molecule has 32 heavy (non-hydrogen) atoms. The van der Waals surface area contributed by atoms with Crippen LogP contribution in [0.2, 0.25) is 0 Å². The van der Waals surface area contributed by atoms with Crippen LogP contribution in [0.25, 0.3) is 11.3 Å². The first-order chi connectivity index (χ1) is 15.2. The number of hydrogen-bond acceptors (Lipinski definition) is 6. The van der Waals surface area contributed by atoms with E-state index in [1.807, 2.05) is 6.92 Å². The molecule has 1 fully saturated rings. The number of hydrogen-bond donors (Lipinski definition) is 2. The number of aromatic hydroxyl groups is 1. The standard InChI is InChI=1S/C23H29F3N4O2/c1-3-29-10-11-30(18-6-4-5-7-19(18)31)22-17(13-29)14(2)21(27-28-22)16-9-8-15(12-20(16)32)23(24,25)26/h8-9,12,18-19,31-32H,3-7,10-11,13H2,1-2H3/t18-,19-/m1/s1. The Balaban J connectivity index is 1.78. The molecule has 0 unspecified atom stereocenters. The first-order valence-corrected chi connectivity index (χ1v) is 11.1. The van der Waals surface area contributed by atoms with Crippen LogP contribution in [0, 0.1) is 6.92 Å². The van der Waals surface area contributed by atoms with Crippen LogP contribution in [-0.2, 0) is 12.7 Å². The second kappa shape index (κ2) is 8.86. The number of anilines is 1. The molecule has 2 atom stereocenters. The fourth-order valence-corrected chi connectivity index (χ4v) is 4.83. The number of aliphatic hydroxyl groups excluding tert-OH is 1. The van der Waals surface area contributed by atoms with E-state index in [9.17, 15) is 23.4 Å². The lowest BCUT2D eigenvalue weighted by atomic mass is 9.91. The molecular weight excluding hydrogens is 421 g/mol. The zero-order valence-corrected chi connectivity index (χ0v) is 18.4. The number of nitrogens with zero attached hydrogens (tertiary/aromatic N) is 4. The Morgan fingerprint density at radius 2 is 1.88 bits per heavy atom. The number of likely N-dealkylation sites (N-methyl/N-ethyl adjacent to an activating group) is 1. The minimum Gasteiger partial charge on any atom is -0.507 e. The second-order valence-electron chi connectivity index (χ2n) is 8.69. The number of rotatable bonds is 3. The van der Waals surface area contributed by atoms with E-state index in [0.717, 1.165) is 74.4 Å². The van der Waals surface area contributed by atoms with E-state index in [1.165, 1.54) is 6.07 Å².